The number of hydrogen-bond acceptors (Lipinski definition) is 4. The zero-order chi connectivity index (χ0) is 17.3. The molecule has 0 spiro atoms. The van der Waals surface area contributed by atoms with Crippen LogP contribution in [-0.2, 0) is 4.79 Å². The summed E-state index contributed by atoms with van der Waals surface area (Å²) in [5, 5.41) is 12.6. The molecule has 122 valence electrons. The number of nitriles is 1. The Morgan fingerprint density at radius 2 is 1.96 bits per heavy atom. The number of rotatable bonds is 3. The number of nitrogens with one attached hydrogen (secondary N) is 1. The molecule has 0 bridgehead atoms. The number of aryl methyl sites for hydroxylation is 3. The van der Waals surface area contributed by atoms with Gasteiger partial charge in [0.2, 0.25) is 5.91 Å². The third kappa shape index (κ3) is 3.09. The van der Waals surface area contributed by atoms with Crippen molar-refractivity contribution < 1.29 is 4.79 Å². The summed E-state index contributed by atoms with van der Waals surface area (Å²) in [6.45, 7) is 6.45. The van der Waals surface area contributed by atoms with E-state index in [2.05, 4.69) is 16.4 Å². The number of carbonyl (C=O) groups excluding carboxylic acids is 1. The van der Waals surface area contributed by atoms with E-state index in [0.717, 1.165) is 22.5 Å². The lowest BCUT2D eigenvalue weighted by atomic mass is 10.1. The van der Waals surface area contributed by atoms with Gasteiger partial charge in [-0.15, -0.1) is 0 Å². The molecule has 1 aliphatic heterocycles. The van der Waals surface area contributed by atoms with Crippen molar-refractivity contribution >= 4 is 17.4 Å². The average molecular weight is 320 g/mol. The standard InChI is InChI=1S/C19H20N4O/c1-12-4-6-17(7-5-12)23-11-16(9-18(23)24)22-19-15(10-20)8-13(2)14(3)21-19/h4-8,16H,9,11H2,1-3H3,(H,21,22). The van der Waals surface area contributed by atoms with Crippen LogP contribution in [0.25, 0.3) is 0 Å². The Balaban J connectivity index is 1.79. The number of benzene rings is 1. The second kappa shape index (κ2) is 6.32. The van der Waals surface area contributed by atoms with E-state index in [1.807, 2.05) is 51.1 Å². The normalized spacial score (nSPS) is 17.0. The van der Waals surface area contributed by atoms with Gasteiger partial charge in [0.05, 0.1) is 11.6 Å². The molecular weight excluding hydrogens is 300 g/mol. The van der Waals surface area contributed by atoms with Gasteiger partial charge in [0.15, 0.2) is 0 Å². The fourth-order valence-electron chi connectivity index (χ4n) is 2.87. The van der Waals surface area contributed by atoms with E-state index in [1.54, 1.807) is 4.90 Å². The lowest BCUT2D eigenvalue weighted by Gasteiger charge is -2.18. The highest BCUT2D eigenvalue weighted by Crippen LogP contribution is 2.25. The fraction of sp³-hybridized carbons (Fsp3) is 0.316. The van der Waals surface area contributed by atoms with Crippen molar-refractivity contribution in [1.82, 2.24) is 4.98 Å². The number of nitrogens with zero attached hydrogens (tertiary/aromatic N) is 3. The maximum absolute atomic E-state index is 12.3. The van der Waals surface area contributed by atoms with Crippen LogP contribution in [0.2, 0.25) is 0 Å². The molecule has 0 saturated carbocycles. The molecule has 1 atom stereocenters. The summed E-state index contributed by atoms with van der Waals surface area (Å²) in [6, 6.07) is 11.9. The summed E-state index contributed by atoms with van der Waals surface area (Å²) in [6.07, 6.45) is 0.396. The lowest BCUT2D eigenvalue weighted by molar-refractivity contribution is -0.117. The summed E-state index contributed by atoms with van der Waals surface area (Å²) in [5.41, 5.74) is 4.46. The van der Waals surface area contributed by atoms with E-state index in [-0.39, 0.29) is 11.9 Å². The van der Waals surface area contributed by atoms with Crippen molar-refractivity contribution in [2.75, 3.05) is 16.8 Å². The molecule has 1 aromatic heterocycles. The lowest BCUT2D eigenvalue weighted by Crippen LogP contribution is -2.28. The van der Waals surface area contributed by atoms with E-state index in [9.17, 15) is 10.1 Å². The Morgan fingerprint density at radius 1 is 1.25 bits per heavy atom. The fourth-order valence-corrected chi connectivity index (χ4v) is 2.87. The molecule has 1 aliphatic rings. The van der Waals surface area contributed by atoms with Gasteiger partial charge < -0.3 is 10.2 Å². The van der Waals surface area contributed by atoms with Crippen molar-refractivity contribution in [3.8, 4) is 6.07 Å². The predicted molar refractivity (Wildman–Crippen MR) is 94.0 cm³/mol. The third-order valence-corrected chi connectivity index (χ3v) is 4.40. The molecule has 2 heterocycles. The van der Waals surface area contributed by atoms with Gasteiger partial charge in [-0.1, -0.05) is 17.7 Å². The van der Waals surface area contributed by atoms with Crippen molar-refractivity contribution in [2.45, 2.75) is 33.2 Å². The summed E-state index contributed by atoms with van der Waals surface area (Å²) >= 11 is 0. The minimum atomic E-state index is -0.0551. The van der Waals surface area contributed by atoms with Crippen molar-refractivity contribution in [3.05, 3.63) is 52.7 Å². The Morgan fingerprint density at radius 3 is 2.62 bits per heavy atom. The molecule has 1 N–H and O–H groups in total. The molecule has 1 fully saturated rings. The first-order valence-electron chi connectivity index (χ1n) is 8.00. The number of hydrogen-bond donors (Lipinski definition) is 1. The van der Waals surface area contributed by atoms with E-state index >= 15 is 0 Å². The van der Waals surface area contributed by atoms with Gasteiger partial charge >= 0.3 is 0 Å². The minimum Gasteiger partial charge on any atom is -0.364 e. The monoisotopic (exact) mass is 320 g/mol. The summed E-state index contributed by atoms with van der Waals surface area (Å²) in [7, 11) is 0. The second-order valence-electron chi connectivity index (χ2n) is 6.28. The van der Waals surface area contributed by atoms with Crippen LogP contribution in [0.3, 0.4) is 0 Å². The van der Waals surface area contributed by atoms with Gasteiger partial charge in [0.25, 0.3) is 0 Å². The van der Waals surface area contributed by atoms with Crippen LogP contribution in [0.15, 0.2) is 30.3 Å². The predicted octanol–water partition coefficient (Wildman–Crippen LogP) is 3.10. The molecule has 1 saturated heterocycles. The molecule has 1 amide bonds. The van der Waals surface area contributed by atoms with Crippen molar-refractivity contribution in [3.63, 3.8) is 0 Å². The Hall–Kier alpha value is -2.87. The molecule has 5 heteroatoms. The number of carbonyl (C=O) groups is 1. The van der Waals surface area contributed by atoms with Gasteiger partial charge in [-0.05, 0) is 44.5 Å². The van der Waals surface area contributed by atoms with E-state index < -0.39 is 0 Å². The Bertz CT molecular complexity index is 820. The highest BCUT2D eigenvalue weighted by molar-refractivity contribution is 5.96. The molecule has 3 rings (SSSR count). The van der Waals surface area contributed by atoms with Crippen LogP contribution < -0.4 is 10.2 Å². The molecule has 24 heavy (non-hydrogen) atoms. The quantitative estimate of drug-likeness (QED) is 0.943. The summed E-state index contributed by atoms with van der Waals surface area (Å²) in [4.78, 5) is 18.6. The van der Waals surface area contributed by atoms with E-state index in [1.165, 1.54) is 0 Å². The van der Waals surface area contributed by atoms with Crippen molar-refractivity contribution in [2.24, 2.45) is 0 Å². The van der Waals surface area contributed by atoms with Gasteiger partial charge in [0, 0.05) is 24.3 Å². The van der Waals surface area contributed by atoms with Crippen LogP contribution in [0, 0.1) is 32.1 Å². The van der Waals surface area contributed by atoms with Crippen LogP contribution in [0.1, 0.15) is 28.8 Å². The second-order valence-corrected chi connectivity index (χ2v) is 6.28. The summed E-state index contributed by atoms with van der Waals surface area (Å²) in [5.74, 6) is 0.642. The highest BCUT2D eigenvalue weighted by atomic mass is 16.2. The molecular formula is C19H20N4O. The van der Waals surface area contributed by atoms with Crippen molar-refractivity contribution in [1.29, 1.82) is 5.26 Å². The largest absolute Gasteiger partial charge is 0.364 e. The Labute approximate surface area is 141 Å². The molecule has 0 aliphatic carbocycles. The molecule has 5 nitrogen and oxygen atoms in total. The highest BCUT2D eigenvalue weighted by Gasteiger charge is 2.31. The van der Waals surface area contributed by atoms with Gasteiger partial charge in [-0.25, -0.2) is 4.98 Å². The third-order valence-electron chi connectivity index (χ3n) is 4.40. The minimum absolute atomic E-state index is 0.0551. The number of amides is 1. The van der Waals surface area contributed by atoms with Gasteiger partial charge in [0.1, 0.15) is 11.9 Å². The van der Waals surface area contributed by atoms with Gasteiger partial charge in [-0.2, -0.15) is 5.26 Å². The molecule has 1 unspecified atom stereocenters. The molecule has 2 aromatic rings. The first-order valence-corrected chi connectivity index (χ1v) is 8.00. The average Bonchev–Trinajstić information content (AvgIpc) is 2.92. The zero-order valence-corrected chi connectivity index (χ0v) is 14.1. The Kier molecular flexibility index (Phi) is 4.22. The van der Waals surface area contributed by atoms with E-state index in [4.69, 9.17) is 0 Å². The SMILES string of the molecule is Cc1ccc(N2CC(Nc3nc(C)c(C)cc3C#N)CC2=O)cc1. The summed E-state index contributed by atoms with van der Waals surface area (Å²) < 4.78 is 0. The first-order chi connectivity index (χ1) is 11.5. The van der Waals surface area contributed by atoms with Crippen LogP contribution in [0.5, 0.6) is 0 Å². The number of aromatic nitrogens is 1. The molecule has 1 aromatic carbocycles. The number of anilines is 2. The topological polar surface area (TPSA) is 69.0 Å². The van der Waals surface area contributed by atoms with E-state index in [0.29, 0.717) is 24.3 Å². The maximum Gasteiger partial charge on any atom is 0.229 e. The smallest absolute Gasteiger partial charge is 0.229 e. The number of pyridine rings is 1. The molecule has 0 radical (unpaired) electrons. The van der Waals surface area contributed by atoms with Gasteiger partial charge in [-0.3, -0.25) is 4.79 Å². The maximum atomic E-state index is 12.3. The van der Waals surface area contributed by atoms with Crippen LogP contribution in [-0.4, -0.2) is 23.5 Å². The van der Waals surface area contributed by atoms with Crippen LogP contribution in [0.4, 0.5) is 11.5 Å². The van der Waals surface area contributed by atoms with Crippen LogP contribution >= 0.6 is 0 Å². The zero-order valence-electron chi connectivity index (χ0n) is 14.1. The first kappa shape index (κ1) is 16.0.